The summed E-state index contributed by atoms with van der Waals surface area (Å²) in [5, 5.41) is 8.66. The molecule has 5 rings (SSSR count). The molecule has 3 aromatic rings. The van der Waals surface area contributed by atoms with E-state index >= 15 is 8.78 Å². The van der Waals surface area contributed by atoms with Crippen molar-refractivity contribution in [3.05, 3.63) is 71.6 Å². The molecule has 0 atom stereocenters. The minimum atomic E-state index is -0.518. The van der Waals surface area contributed by atoms with E-state index in [0.29, 0.717) is 40.2 Å². The first-order valence-electron chi connectivity index (χ1n) is 13.5. The number of benzene rings is 2. The smallest absolute Gasteiger partial charge is 0.129 e. The highest BCUT2D eigenvalue weighted by Crippen LogP contribution is 2.32. The van der Waals surface area contributed by atoms with E-state index in [4.69, 9.17) is 25.9 Å². The minimum absolute atomic E-state index is 0.150. The molecule has 38 heavy (non-hydrogen) atoms. The van der Waals surface area contributed by atoms with Crippen LogP contribution in [0.3, 0.4) is 0 Å². The summed E-state index contributed by atoms with van der Waals surface area (Å²) in [4.78, 5) is 9.54. The monoisotopic (exact) mass is 516 g/mol. The largest absolute Gasteiger partial charge is 0.404 e. The number of allylic oxidation sites excluding steroid dienone is 1. The van der Waals surface area contributed by atoms with Crippen LogP contribution in [0.5, 0.6) is 0 Å². The van der Waals surface area contributed by atoms with Crippen LogP contribution in [0.25, 0.3) is 27.6 Å². The third-order valence-electron chi connectivity index (χ3n) is 7.77. The van der Waals surface area contributed by atoms with Gasteiger partial charge < -0.3 is 15.9 Å². The Balaban J connectivity index is 1.41. The zero-order valence-electron chi connectivity index (χ0n) is 21.6. The number of fused-ring (bicyclic) bond motifs is 1. The second-order valence-electron chi connectivity index (χ2n) is 10.3. The molecular weight excluding hydrogens is 482 g/mol. The zero-order valence-corrected chi connectivity index (χ0v) is 21.6. The van der Waals surface area contributed by atoms with Crippen LogP contribution in [0.2, 0.25) is 0 Å². The summed E-state index contributed by atoms with van der Waals surface area (Å²) in [5.41, 5.74) is 9.98. The van der Waals surface area contributed by atoms with Crippen LogP contribution in [0, 0.1) is 23.0 Å². The third-order valence-corrected chi connectivity index (χ3v) is 7.77. The number of aromatic nitrogens is 1. The second-order valence-corrected chi connectivity index (χ2v) is 10.3. The van der Waals surface area contributed by atoms with E-state index < -0.39 is 11.6 Å². The van der Waals surface area contributed by atoms with Gasteiger partial charge in [0.1, 0.15) is 11.6 Å². The summed E-state index contributed by atoms with van der Waals surface area (Å²) in [6.07, 6.45) is 9.56. The molecule has 2 aliphatic rings. The van der Waals surface area contributed by atoms with E-state index in [1.807, 2.05) is 30.3 Å². The molecule has 2 aromatic carbocycles. The lowest BCUT2D eigenvalue weighted by Crippen LogP contribution is -2.16. The van der Waals surface area contributed by atoms with Crippen LogP contribution in [-0.2, 0) is 11.2 Å². The third kappa shape index (κ3) is 5.99. The molecule has 1 aliphatic heterocycles. The van der Waals surface area contributed by atoms with Crippen molar-refractivity contribution in [3.8, 4) is 11.1 Å². The van der Waals surface area contributed by atoms with Gasteiger partial charge in [-0.15, -0.1) is 0 Å². The number of ether oxygens (including phenoxy) is 1. The lowest BCUT2D eigenvalue weighted by atomic mass is 9.91. The first-order chi connectivity index (χ1) is 18.5. The van der Waals surface area contributed by atoms with Crippen molar-refractivity contribution in [1.82, 2.24) is 4.98 Å². The number of pyridine rings is 1. The second kappa shape index (κ2) is 11.9. The minimum Gasteiger partial charge on any atom is -0.404 e. The number of nitrogens with one attached hydrogen (secondary N) is 1. The average Bonchev–Trinajstić information content (AvgIpc) is 2.94. The Morgan fingerprint density at radius 3 is 2.50 bits per heavy atom. The lowest BCUT2D eigenvalue weighted by molar-refractivity contribution is 0.0639. The Morgan fingerprint density at radius 2 is 1.79 bits per heavy atom. The van der Waals surface area contributed by atoms with E-state index in [-0.39, 0.29) is 11.6 Å². The van der Waals surface area contributed by atoms with Gasteiger partial charge in [-0.25, -0.2) is 13.8 Å². The maximum absolute atomic E-state index is 15.2. The van der Waals surface area contributed by atoms with Gasteiger partial charge >= 0.3 is 0 Å². The number of nitrogens with zero attached hydrogens (tertiary/aromatic N) is 2. The maximum atomic E-state index is 15.2. The van der Waals surface area contributed by atoms with Gasteiger partial charge in [0.2, 0.25) is 0 Å². The summed E-state index contributed by atoms with van der Waals surface area (Å²) in [6.45, 7) is 1.45. The maximum Gasteiger partial charge on any atom is 0.129 e. The van der Waals surface area contributed by atoms with Crippen LogP contribution in [0.4, 0.5) is 8.78 Å². The highest BCUT2D eigenvalue weighted by atomic mass is 19.1. The molecule has 1 saturated heterocycles. The topological polar surface area (TPSA) is 84.4 Å². The molecule has 2 heterocycles. The van der Waals surface area contributed by atoms with Crippen molar-refractivity contribution in [3.63, 3.8) is 0 Å². The standard InChI is InChI=1S/C31H34F2N4O/c32-28-16-22(17-29(33)27(28)10-4-20-12-14-38-15-13-20)26-3-1-2-21-5-11-30(37-31(21)26)23(18-34)19-36-25-8-6-24(35)7-9-25/h1-3,5,11,16-20,25,35H,4,6-10,12-15,34H2. The van der Waals surface area contributed by atoms with Crippen LogP contribution in [0.1, 0.15) is 56.2 Å². The van der Waals surface area contributed by atoms with Crippen molar-refractivity contribution in [1.29, 1.82) is 5.41 Å². The van der Waals surface area contributed by atoms with Gasteiger partial charge in [0.05, 0.1) is 17.3 Å². The molecule has 3 N–H and O–H groups in total. The Hall–Kier alpha value is -3.45. The Labute approximate surface area is 222 Å². The van der Waals surface area contributed by atoms with Crippen LogP contribution in [0.15, 0.2) is 53.7 Å². The van der Waals surface area contributed by atoms with Crippen LogP contribution >= 0.6 is 0 Å². The molecule has 0 spiro atoms. The number of halogens is 2. The molecule has 1 aromatic heterocycles. The fraction of sp³-hybridized carbons (Fsp3) is 0.387. The Kier molecular flexibility index (Phi) is 8.23. The molecule has 5 nitrogen and oxygen atoms in total. The molecular formula is C31H34F2N4O. The first kappa shape index (κ1) is 26.2. The molecule has 2 fully saturated rings. The van der Waals surface area contributed by atoms with Gasteiger partial charge in [-0.1, -0.05) is 24.3 Å². The normalized spacial score (nSPS) is 19.5. The quantitative estimate of drug-likeness (QED) is 0.336. The number of hydrogen-bond donors (Lipinski definition) is 2. The van der Waals surface area contributed by atoms with Crippen molar-refractivity contribution < 1.29 is 13.5 Å². The van der Waals surface area contributed by atoms with E-state index in [2.05, 4.69) is 0 Å². The molecule has 0 radical (unpaired) electrons. The fourth-order valence-corrected chi connectivity index (χ4v) is 5.40. The number of rotatable bonds is 7. The predicted octanol–water partition coefficient (Wildman–Crippen LogP) is 6.87. The molecule has 0 amide bonds. The highest BCUT2D eigenvalue weighted by molar-refractivity contribution is 6.09. The summed E-state index contributed by atoms with van der Waals surface area (Å²) in [5.74, 6) is -0.589. The number of aliphatic imine (C=N–C) groups is 1. The zero-order chi connectivity index (χ0) is 26.5. The number of hydrogen-bond acceptors (Lipinski definition) is 5. The molecule has 0 bridgehead atoms. The van der Waals surface area contributed by atoms with E-state index in [9.17, 15) is 0 Å². The predicted molar refractivity (Wildman–Crippen MR) is 150 cm³/mol. The van der Waals surface area contributed by atoms with E-state index in [1.54, 1.807) is 6.21 Å². The summed E-state index contributed by atoms with van der Waals surface area (Å²) in [6, 6.07) is 12.5. The van der Waals surface area contributed by atoms with E-state index in [0.717, 1.165) is 69.3 Å². The number of nitrogens with two attached hydrogens (primary N) is 1. The van der Waals surface area contributed by atoms with E-state index in [1.165, 1.54) is 18.3 Å². The van der Waals surface area contributed by atoms with Crippen molar-refractivity contribution in [2.75, 3.05) is 13.2 Å². The van der Waals surface area contributed by atoms with Crippen molar-refractivity contribution >= 4 is 28.4 Å². The molecule has 7 heteroatoms. The lowest BCUT2D eigenvalue weighted by Gasteiger charge is -2.22. The fourth-order valence-electron chi connectivity index (χ4n) is 5.40. The summed E-state index contributed by atoms with van der Waals surface area (Å²) < 4.78 is 35.7. The molecule has 1 saturated carbocycles. The van der Waals surface area contributed by atoms with Crippen LogP contribution in [-0.4, -0.2) is 36.2 Å². The van der Waals surface area contributed by atoms with Gasteiger partial charge in [-0.3, -0.25) is 4.99 Å². The van der Waals surface area contributed by atoms with Crippen molar-refractivity contribution in [2.24, 2.45) is 16.6 Å². The molecule has 198 valence electrons. The summed E-state index contributed by atoms with van der Waals surface area (Å²) in [7, 11) is 0. The van der Waals surface area contributed by atoms with Gasteiger partial charge in [0.25, 0.3) is 0 Å². The number of para-hydroxylation sites is 1. The van der Waals surface area contributed by atoms with Gasteiger partial charge in [-0.2, -0.15) is 0 Å². The summed E-state index contributed by atoms with van der Waals surface area (Å²) >= 11 is 0. The highest BCUT2D eigenvalue weighted by Gasteiger charge is 2.19. The van der Waals surface area contributed by atoms with Crippen molar-refractivity contribution in [2.45, 2.75) is 57.4 Å². The van der Waals surface area contributed by atoms with Crippen LogP contribution < -0.4 is 5.73 Å². The molecule has 1 aliphatic carbocycles. The van der Waals surface area contributed by atoms with Gasteiger partial charge in [-0.05, 0) is 81.0 Å². The SMILES string of the molecule is N=C1CCC(N=CC(=CN)c2ccc3cccc(-c4cc(F)c(CCC5CCOCC5)c(F)c4)c3n2)CC1. The molecule has 0 unspecified atom stereocenters. The Morgan fingerprint density at radius 1 is 1.05 bits per heavy atom. The van der Waals surface area contributed by atoms with Gasteiger partial charge in [0, 0.05) is 53.4 Å². The average molecular weight is 517 g/mol. The Bertz CT molecular complexity index is 1340. The van der Waals surface area contributed by atoms with Gasteiger partial charge in [0.15, 0.2) is 0 Å². The first-order valence-corrected chi connectivity index (χ1v) is 13.5.